The second-order valence-corrected chi connectivity index (χ2v) is 5.80. The van der Waals surface area contributed by atoms with Gasteiger partial charge in [-0.05, 0) is 12.1 Å². The zero-order chi connectivity index (χ0) is 16.8. The molecule has 7 nitrogen and oxygen atoms in total. The first kappa shape index (κ1) is 16.6. The summed E-state index contributed by atoms with van der Waals surface area (Å²) in [5, 5.41) is 7.69. The summed E-state index contributed by atoms with van der Waals surface area (Å²) in [4.78, 5) is 26.1. The molecule has 1 aromatic carbocycles. The number of nitrogens with zero attached hydrogens (tertiary/aromatic N) is 3. The van der Waals surface area contributed by atoms with Crippen LogP contribution in [0, 0.1) is 0 Å². The molecule has 1 aliphatic heterocycles. The fourth-order valence-electron chi connectivity index (χ4n) is 2.81. The lowest BCUT2D eigenvalue weighted by atomic mass is 10.2. The minimum Gasteiger partial charge on any atom is -0.379 e. The number of para-hydroxylation sites is 1. The largest absolute Gasteiger partial charge is 0.379 e. The summed E-state index contributed by atoms with van der Waals surface area (Å²) in [5.74, 6) is -0.00663. The molecule has 3 rings (SSSR count). The van der Waals surface area contributed by atoms with E-state index in [0.29, 0.717) is 24.9 Å². The van der Waals surface area contributed by atoms with E-state index in [9.17, 15) is 9.59 Å². The lowest BCUT2D eigenvalue weighted by molar-refractivity contribution is -0.121. The fourth-order valence-corrected chi connectivity index (χ4v) is 2.81. The summed E-state index contributed by atoms with van der Waals surface area (Å²) in [5.41, 5.74) is 0.655. The van der Waals surface area contributed by atoms with Crippen molar-refractivity contribution in [3.05, 3.63) is 40.7 Å². The van der Waals surface area contributed by atoms with Gasteiger partial charge in [-0.2, -0.15) is 5.10 Å². The van der Waals surface area contributed by atoms with Crippen LogP contribution in [0.4, 0.5) is 0 Å². The third-order valence-corrected chi connectivity index (χ3v) is 4.17. The molecular weight excluding hydrogens is 308 g/mol. The van der Waals surface area contributed by atoms with Crippen molar-refractivity contribution < 1.29 is 9.53 Å². The standard InChI is InChI=1S/C17H22N4O3/c22-16-13-19-21(15-4-2-1-3-14(15)16)7-5-17(23)18-6-8-20-9-11-24-12-10-20/h1-4,13H,5-12H2,(H,18,23). The van der Waals surface area contributed by atoms with Gasteiger partial charge >= 0.3 is 0 Å². The van der Waals surface area contributed by atoms with E-state index in [1.807, 2.05) is 18.2 Å². The van der Waals surface area contributed by atoms with Gasteiger partial charge in [0.05, 0.1) is 31.5 Å². The average molecular weight is 330 g/mol. The highest BCUT2D eigenvalue weighted by atomic mass is 16.5. The third kappa shape index (κ3) is 4.18. The van der Waals surface area contributed by atoms with Gasteiger partial charge in [0.1, 0.15) is 0 Å². The highest BCUT2D eigenvalue weighted by Crippen LogP contribution is 2.08. The van der Waals surface area contributed by atoms with Gasteiger partial charge in [-0.25, -0.2) is 0 Å². The molecule has 0 bridgehead atoms. The summed E-state index contributed by atoms with van der Waals surface area (Å²) in [6.45, 7) is 5.29. The van der Waals surface area contributed by atoms with Crippen molar-refractivity contribution in [3.8, 4) is 0 Å². The van der Waals surface area contributed by atoms with Gasteiger partial charge < -0.3 is 10.1 Å². The molecule has 1 saturated heterocycles. The van der Waals surface area contributed by atoms with Crippen LogP contribution in [-0.4, -0.2) is 60.0 Å². The Hall–Kier alpha value is -2.25. The molecule has 0 atom stereocenters. The number of aryl methyl sites for hydroxylation is 1. The number of morpholine rings is 1. The topological polar surface area (TPSA) is 76.5 Å². The maximum atomic E-state index is 12.0. The van der Waals surface area contributed by atoms with E-state index in [4.69, 9.17) is 4.74 Å². The van der Waals surface area contributed by atoms with Crippen molar-refractivity contribution in [3.63, 3.8) is 0 Å². The zero-order valence-corrected chi connectivity index (χ0v) is 13.6. The number of nitrogens with one attached hydrogen (secondary N) is 1. The Bertz CT molecular complexity index is 753. The van der Waals surface area contributed by atoms with Gasteiger partial charge in [-0.15, -0.1) is 0 Å². The predicted molar refractivity (Wildman–Crippen MR) is 90.9 cm³/mol. The molecule has 1 N–H and O–H groups in total. The first-order valence-corrected chi connectivity index (χ1v) is 8.26. The summed E-state index contributed by atoms with van der Waals surface area (Å²) in [6.07, 6.45) is 1.64. The molecule has 128 valence electrons. The number of hydrogen-bond donors (Lipinski definition) is 1. The Morgan fingerprint density at radius 3 is 2.83 bits per heavy atom. The van der Waals surface area contributed by atoms with Crippen LogP contribution in [0.25, 0.3) is 10.9 Å². The van der Waals surface area contributed by atoms with Crippen molar-refractivity contribution >= 4 is 16.8 Å². The van der Waals surface area contributed by atoms with E-state index in [2.05, 4.69) is 15.3 Å². The Morgan fingerprint density at radius 1 is 1.21 bits per heavy atom. The maximum Gasteiger partial charge on any atom is 0.221 e. The van der Waals surface area contributed by atoms with Gasteiger partial charge in [-0.3, -0.25) is 19.2 Å². The van der Waals surface area contributed by atoms with E-state index in [1.165, 1.54) is 6.20 Å². The molecule has 24 heavy (non-hydrogen) atoms. The quantitative estimate of drug-likeness (QED) is 0.821. The number of carbonyl (C=O) groups is 1. The molecule has 7 heteroatoms. The number of aromatic nitrogens is 2. The highest BCUT2D eigenvalue weighted by molar-refractivity contribution is 5.79. The number of benzene rings is 1. The van der Waals surface area contributed by atoms with Crippen LogP contribution in [0.2, 0.25) is 0 Å². The van der Waals surface area contributed by atoms with E-state index in [-0.39, 0.29) is 11.3 Å². The molecule has 2 heterocycles. The van der Waals surface area contributed by atoms with Crippen LogP contribution in [0.5, 0.6) is 0 Å². The number of amides is 1. The summed E-state index contributed by atoms with van der Waals surface area (Å²) in [7, 11) is 0. The lowest BCUT2D eigenvalue weighted by Crippen LogP contribution is -2.41. The predicted octanol–water partition coefficient (Wildman–Crippen LogP) is 0.235. The monoisotopic (exact) mass is 330 g/mol. The Balaban J connectivity index is 1.49. The minimum atomic E-state index is -0.100. The van der Waals surface area contributed by atoms with Gasteiger partial charge in [0.15, 0.2) is 0 Å². The lowest BCUT2D eigenvalue weighted by Gasteiger charge is -2.26. The first-order valence-electron chi connectivity index (χ1n) is 8.26. The number of fused-ring (bicyclic) bond motifs is 1. The molecule has 1 aliphatic rings. The van der Waals surface area contributed by atoms with Gasteiger partial charge in [0, 0.05) is 38.0 Å². The van der Waals surface area contributed by atoms with Crippen molar-refractivity contribution in [1.29, 1.82) is 0 Å². The summed E-state index contributed by atoms with van der Waals surface area (Å²) < 4.78 is 7.00. The smallest absolute Gasteiger partial charge is 0.221 e. The molecular formula is C17H22N4O3. The Kier molecular flexibility index (Phi) is 5.55. The number of rotatable bonds is 6. The van der Waals surface area contributed by atoms with E-state index in [0.717, 1.165) is 38.4 Å². The van der Waals surface area contributed by atoms with Crippen molar-refractivity contribution in [2.75, 3.05) is 39.4 Å². The van der Waals surface area contributed by atoms with Crippen LogP contribution in [0.1, 0.15) is 6.42 Å². The number of ether oxygens (including phenoxy) is 1. The van der Waals surface area contributed by atoms with Crippen LogP contribution < -0.4 is 10.7 Å². The maximum absolute atomic E-state index is 12.0. The molecule has 0 spiro atoms. The molecule has 0 unspecified atom stereocenters. The molecule has 0 aliphatic carbocycles. The summed E-state index contributed by atoms with van der Waals surface area (Å²) >= 11 is 0. The molecule has 1 aromatic heterocycles. The van der Waals surface area contributed by atoms with Crippen molar-refractivity contribution in [1.82, 2.24) is 20.0 Å². The van der Waals surface area contributed by atoms with Crippen LogP contribution in [0.3, 0.4) is 0 Å². The Morgan fingerprint density at radius 2 is 2.00 bits per heavy atom. The van der Waals surface area contributed by atoms with Gasteiger partial charge in [-0.1, -0.05) is 12.1 Å². The second-order valence-electron chi connectivity index (χ2n) is 5.80. The van der Waals surface area contributed by atoms with Crippen LogP contribution in [0.15, 0.2) is 35.3 Å². The number of hydrogen-bond acceptors (Lipinski definition) is 5. The molecule has 1 fully saturated rings. The Labute approximate surface area is 140 Å². The first-order chi connectivity index (χ1) is 11.7. The van der Waals surface area contributed by atoms with Crippen molar-refractivity contribution in [2.24, 2.45) is 0 Å². The van der Waals surface area contributed by atoms with E-state index >= 15 is 0 Å². The molecule has 2 aromatic rings. The van der Waals surface area contributed by atoms with Gasteiger partial charge in [0.2, 0.25) is 11.3 Å². The van der Waals surface area contributed by atoms with E-state index < -0.39 is 0 Å². The van der Waals surface area contributed by atoms with Gasteiger partial charge in [0.25, 0.3) is 0 Å². The average Bonchev–Trinajstić information content (AvgIpc) is 2.62. The highest BCUT2D eigenvalue weighted by Gasteiger charge is 2.10. The normalized spacial score (nSPS) is 15.5. The molecule has 1 amide bonds. The number of carbonyl (C=O) groups excluding carboxylic acids is 1. The minimum absolute atomic E-state index is 0.00663. The van der Waals surface area contributed by atoms with E-state index in [1.54, 1.807) is 10.7 Å². The SMILES string of the molecule is O=C(CCn1ncc(=O)c2ccccc21)NCCN1CCOCC1. The van der Waals surface area contributed by atoms with Crippen LogP contribution >= 0.6 is 0 Å². The zero-order valence-electron chi connectivity index (χ0n) is 13.6. The molecule has 0 saturated carbocycles. The second kappa shape index (κ2) is 8.03. The fraction of sp³-hybridized carbons (Fsp3) is 0.471. The molecule has 0 radical (unpaired) electrons. The summed E-state index contributed by atoms with van der Waals surface area (Å²) in [6, 6.07) is 7.31. The van der Waals surface area contributed by atoms with Crippen molar-refractivity contribution in [2.45, 2.75) is 13.0 Å². The third-order valence-electron chi connectivity index (χ3n) is 4.17. The van der Waals surface area contributed by atoms with Crippen LogP contribution in [-0.2, 0) is 16.1 Å².